The molecule has 1 heterocycles. The summed E-state index contributed by atoms with van der Waals surface area (Å²) in [5, 5.41) is 3.51. The minimum absolute atomic E-state index is 0.535. The van der Waals surface area contributed by atoms with E-state index in [4.69, 9.17) is 0 Å². The minimum atomic E-state index is 0.535. The number of anilines is 1. The highest BCUT2D eigenvalue weighted by atomic mass is 15.0. The Hall–Kier alpha value is -1.24. The maximum absolute atomic E-state index is 3.83. The van der Waals surface area contributed by atoms with Gasteiger partial charge in [0.2, 0.25) is 0 Å². The molecular weight excluding hydrogens is 158 g/mol. The fourth-order valence-corrected chi connectivity index (χ4v) is 1.81. The quantitative estimate of drug-likeness (QED) is 0.678. The Balaban J connectivity index is 2.18. The van der Waals surface area contributed by atoms with E-state index in [0.717, 1.165) is 6.42 Å². The van der Waals surface area contributed by atoms with Crippen molar-refractivity contribution in [3.05, 3.63) is 42.5 Å². The summed E-state index contributed by atoms with van der Waals surface area (Å²) in [6, 6.07) is 9.05. The van der Waals surface area contributed by atoms with Gasteiger partial charge in [0.15, 0.2) is 0 Å². The number of para-hydroxylation sites is 1. The van der Waals surface area contributed by atoms with E-state index in [1.165, 1.54) is 11.3 Å². The van der Waals surface area contributed by atoms with E-state index in [0.29, 0.717) is 12.0 Å². The molecule has 13 heavy (non-hydrogen) atoms. The van der Waals surface area contributed by atoms with Crippen LogP contribution in [-0.2, 0) is 6.42 Å². The van der Waals surface area contributed by atoms with Crippen molar-refractivity contribution in [1.29, 1.82) is 0 Å². The van der Waals surface area contributed by atoms with Crippen LogP contribution >= 0.6 is 0 Å². The molecule has 0 amide bonds. The zero-order valence-electron chi connectivity index (χ0n) is 7.96. The summed E-state index contributed by atoms with van der Waals surface area (Å²) in [6.45, 7) is 6.03. The van der Waals surface area contributed by atoms with Crippen LogP contribution in [0.1, 0.15) is 12.5 Å². The fourth-order valence-electron chi connectivity index (χ4n) is 1.81. The van der Waals surface area contributed by atoms with Crippen LogP contribution in [-0.4, -0.2) is 6.04 Å². The second-order valence-corrected chi connectivity index (χ2v) is 3.71. The molecule has 1 aliphatic heterocycles. The zero-order chi connectivity index (χ0) is 9.26. The van der Waals surface area contributed by atoms with Crippen molar-refractivity contribution in [1.82, 2.24) is 0 Å². The van der Waals surface area contributed by atoms with Gasteiger partial charge < -0.3 is 5.32 Å². The summed E-state index contributed by atoms with van der Waals surface area (Å²) >= 11 is 0. The summed E-state index contributed by atoms with van der Waals surface area (Å²) in [5.74, 6) is 0.535. The lowest BCUT2D eigenvalue weighted by Gasteiger charge is -2.15. The van der Waals surface area contributed by atoms with Crippen molar-refractivity contribution < 1.29 is 0 Å². The van der Waals surface area contributed by atoms with Crippen LogP contribution in [0.15, 0.2) is 36.9 Å². The average molecular weight is 173 g/mol. The summed E-state index contributed by atoms with van der Waals surface area (Å²) in [5.41, 5.74) is 2.72. The van der Waals surface area contributed by atoms with Crippen molar-refractivity contribution in [3.63, 3.8) is 0 Å². The third-order valence-corrected chi connectivity index (χ3v) is 2.80. The highest BCUT2D eigenvalue weighted by Crippen LogP contribution is 2.28. The molecule has 1 N–H and O–H groups in total. The van der Waals surface area contributed by atoms with Gasteiger partial charge in [-0.25, -0.2) is 0 Å². The molecule has 0 aromatic heterocycles. The molecule has 0 spiro atoms. The van der Waals surface area contributed by atoms with E-state index in [2.05, 4.69) is 43.1 Å². The van der Waals surface area contributed by atoms with E-state index >= 15 is 0 Å². The molecule has 2 rings (SSSR count). The van der Waals surface area contributed by atoms with Crippen molar-refractivity contribution in [2.75, 3.05) is 5.32 Å². The van der Waals surface area contributed by atoms with Gasteiger partial charge >= 0.3 is 0 Å². The molecule has 1 aromatic carbocycles. The Bertz CT molecular complexity index is 292. The summed E-state index contributed by atoms with van der Waals surface area (Å²) in [7, 11) is 0. The average Bonchev–Trinajstić information content (AvgIpc) is 2.59. The molecule has 1 aliphatic rings. The van der Waals surface area contributed by atoms with E-state index < -0.39 is 0 Å². The van der Waals surface area contributed by atoms with Gasteiger partial charge in [-0.05, 0) is 24.0 Å². The molecule has 2 atom stereocenters. The number of fused-ring (bicyclic) bond motifs is 1. The van der Waals surface area contributed by atoms with E-state index in [9.17, 15) is 0 Å². The standard InChI is InChI=1S/C12H15N/c1-3-9(2)12-8-10-6-4-5-7-11(10)13-12/h3-7,9,12-13H,1,8H2,2H3/t9-,12+/m0/s1. The van der Waals surface area contributed by atoms with Crippen molar-refractivity contribution in [2.45, 2.75) is 19.4 Å². The first-order chi connectivity index (χ1) is 6.31. The van der Waals surface area contributed by atoms with Crippen molar-refractivity contribution >= 4 is 5.69 Å². The Morgan fingerprint density at radius 1 is 1.54 bits per heavy atom. The number of hydrogen-bond acceptors (Lipinski definition) is 1. The molecule has 68 valence electrons. The summed E-state index contributed by atoms with van der Waals surface area (Å²) in [4.78, 5) is 0. The Kier molecular flexibility index (Phi) is 2.09. The summed E-state index contributed by atoms with van der Waals surface area (Å²) in [6.07, 6.45) is 3.15. The molecule has 0 aliphatic carbocycles. The van der Waals surface area contributed by atoms with Gasteiger partial charge in [-0.2, -0.15) is 0 Å². The second-order valence-electron chi connectivity index (χ2n) is 3.71. The van der Waals surface area contributed by atoms with Gasteiger partial charge in [0, 0.05) is 11.7 Å². The lowest BCUT2D eigenvalue weighted by Crippen LogP contribution is -2.22. The number of rotatable bonds is 2. The zero-order valence-corrected chi connectivity index (χ0v) is 7.96. The molecule has 1 heteroatoms. The Morgan fingerprint density at radius 3 is 3.00 bits per heavy atom. The Labute approximate surface area is 79.5 Å². The van der Waals surface area contributed by atoms with Gasteiger partial charge in [0.25, 0.3) is 0 Å². The lowest BCUT2D eigenvalue weighted by molar-refractivity contribution is 0.593. The molecule has 0 saturated carbocycles. The minimum Gasteiger partial charge on any atom is -0.381 e. The first kappa shape index (κ1) is 8.36. The van der Waals surface area contributed by atoms with Gasteiger partial charge in [-0.1, -0.05) is 31.2 Å². The molecule has 1 nitrogen and oxygen atoms in total. The first-order valence-corrected chi connectivity index (χ1v) is 4.78. The van der Waals surface area contributed by atoms with Gasteiger partial charge in [0.1, 0.15) is 0 Å². The van der Waals surface area contributed by atoms with Crippen molar-refractivity contribution in [3.8, 4) is 0 Å². The van der Waals surface area contributed by atoms with Crippen LogP contribution in [0.4, 0.5) is 5.69 Å². The normalized spacial score (nSPS) is 21.8. The van der Waals surface area contributed by atoms with Crippen LogP contribution in [0.2, 0.25) is 0 Å². The number of nitrogens with one attached hydrogen (secondary N) is 1. The van der Waals surface area contributed by atoms with E-state index in [1.54, 1.807) is 0 Å². The third kappa shape index (κ3) is 1.46. The number of hydrogen-bond donors (Lipinski definition) is 1. The largest absolute Gasteiger partial charge is 0.381 e. The van der Waals surface area contributed by atoms with Crippen LogP contribution in [0.3, 0.4) is 0 Å². The van der Waals surface area contributed by atoms with Crippen LogP contribution in [0.25, 0.3) is 0 Å². The maximum Gasteiger partial charge on any atom is 0.0375 e. The highest BCUT2D eigenvalue weighted by molar-refractivity contribution is 5.56. The molecule has 0 bridgehead atoms. The van der Waals surface area contributed by atoms with Gasteiger partial charge in [0.05, 0.1) is 0 Å². The summed E-state index contributed by atoms with van der Waals surface area (Å²) < 4.78 is 0. The predicted molar refractivity (Wildman–Crippen MR) is 56.9 cm³/mol. The molecule has 0 unspecified atom stereocenters. The lowest BCUT2D eigenvalue weighted by atomic mass is 9.99. The number of benzene rings is 1. The van der Waals surface area contributed by atoms with E-state index in [-0.39, 0.29) is 0 Å². The fraction of sp³-hybridized carbons (Fsp3) is 0.333. The maximum atomic E-state index is 3.83. The smallest absolute Gasteiger partial charge is 0.0375 e. The SMILES string of the molecule is C=C[C@H](C)[C@H]1Cc2ccccc2N1. The topological polar surface area (TPSA) is 12.0 Å². The van der Waals surface area contributed by atoms with Gasteiger partial charge in [-0.3, -0.25) is 0 Å². The van der Waals surface area contributed by atoms with Crippen LogP contribution < -0.4 is 5.32 Å². The van der Waals surface area contributed by atoms with Crippen LogP contribution in [0.5, 0.6) is 0 Å². The van der Waals surface area contributed by atoms with Gasteiger partial charge in [-0.15, -0.1) is 6.58 Å². The second kappa shape index (κ2) is 3.25. The molecule has 0 saturated heterocycles. The Morgan fingerprint density at radius 2 is 2.31 bits per heavy atom. The third-order valence-electron chi connectivity index (χ3n) is 2.80. The van der Waals surface area contributed by atoms with Crippen LogP contribution in [0, 0.1) is 5.92 Å². The van der Waals surface area contributed by atoms with E-state index in [1.807, 2.05) is 6.08 Å². The first-order valence-electron chi connectivity index (χ1n) is 4.78. The predicted octanol–water partition coefficient (Wildman–Crippen LogP) is 2.85. The molecule has 0 radical (unpaired) electrons. The molecular formula is C12H15N. The molecule has 0 fully saturated rings. The molecule has 1 aromatic rings. The highest BCUT2D eigenvalue weighted by Gasteiger charge is 2.22. The van der Waals surface area contributed by atoms with Crippen molar-refractivity contribution in [2.24, 2.45) is 5.92 Å². The monoisotopic (exact) mass is 173 g/mol.